The van der Waals surface area contributed by atoms with E-state index in [2.05, 4.69) is 25.9 Å². The number of aromatic amines is 2. The molecule has 4 heteroatoms. The van der Waals surface area contributed by atoms with Gasteiger partial charge in [-0.1, -0.05) is 0 Å². The Morgan fingerprint density at radius 1 is 1.50 bits per heavy atom. The summed E-state index contributed by atoms with van der Waals surface area (Å²) < 4.78 is 1.59. The molecule has 2 nitrogen and oxygen atoms in total. The van der Waals surface area contributed by atoms with Crippen LogP contribution in [-0.2, 0) is 0 Å². The maximum absolute atomic E-state index is 4.78. The number of halogens is 1. The Hall–Kier alpha value is -0.0900. The molecule has 0 radical (unpaired) electrons. The van der Waals surface area contributed by atoms with Gasteiger partial charge in [-0.25, -0.2) is 0 Å². The van der Waals surface area contributed by atoms with Crippen LogP contribution in [-0.4, -0.2) is 9.97 Å². The third-order valence-electron chi connectivity index (χ3n) is 0.854. The lowest BCUT2D eigenvalue weighted by Gasteiger charge is -1.77. The van der Waals surface area contributed by atoms with Gasteiger partial charge in [0.15, 0.2) is 4.77 Å². The number of aryl methyl sites for hydroxylation is 1. The molecule has 0 bridgehead atoms. The molecule has 0 unspecified atom stereocenters. The second-order valence-corrected chi connectivity index (χ2v) is 2.72. The van der Waals surface area contributed by atoms with Crippen LogP contribution in [0.4, 0.5) is 0 Å². The number of H-pyrrole nitrogens is 2. The summed E-state index contributed by atoms with van der Waals surface area (Å²) in [5.74, 6) is 0. The van der Waals surface area contributed by atoms with Gasteiger partial charge >= 0.3 is 0 Å². The zero-order chi connectivity index (χ0) is 6.15. The summed E-state index contributed by atoms with van der Waals surface area (Å²) in [4.78, 5) is 5.80. The van der Waals surface area contributed by atoms with Crippen molar-refractivity contribution in [3.63, 3.8) is 0 Å². The fourth-order valence-corrected chi connectivity index (χ4v) is 1.13. The lowest BCUT2D eigenvalue weighted by molar-refractivity contribution is 1.22. The van der Waals surface area contributed by atoms with Gasteiger partial charge in [-0.05, 0) is 35.1 Å². The third kappa shape index (κ3) is 1.00. The number of aromatic nitrogens is 2. The van der Waals surface area contributed by atoms with E-state index in [0.717, 1.165) is 10.3 Å². The van der Waals surface area contributed by atoms with Crippen LogP contribution < -0.4 is 0 Å². The Bertz CT molecular complexity index is 214. The highest BCUT2D eigenvalue weighted by Crippen LogP contribution is 2.08. The molecule has 1 aromatic heterocycles. The average Bonchev–Trinajstić information content (AvgIpc) is 1.85. The van der Waals surface area contributed by atoms with E-state index in [1.54, 1.807) is 0 Å². The van der Waals surface area contributed by atoms with Crippen molar-refractivity contribution in [1.82, 2.24) is 9.97 Å². The molecule has 0 saturated heterocycles. The van der Waals surface area contributed by atoms with Crippen LogP contribution in [0.3, 0.4) is 0 Å². The fraction of sp³-hybridized carbons (Fsp3) is 0.250. The van der Waals surface area contributed by atoms with Crippen molar-refractivity contribution in [1.29, 1.82) is 0 Å². The SMILES string of the molecule is Cc1[nH]c(=S)[nH]c1Br. The highest BCUT2D eigenvalue weighted by atomic mass is 79.9. The minimum absolute atomic E-state index is 0.661. The minimum Gasteiger partial charge on any atom is -0.334 e. The molecule has 0 aliphatic carbocycles. The molecule has 1 rings (SSSR count). The van der Waals surface area contributed by atoms with Crippen LogP contribution in [0, 0.1) is 11.7 Å². The Labute approximate surface area is 60.5 Å². The summed E-state index contributed by atoms with van der Waals surface area (Å²) >= 11 is 8.04. The second-order valence-electron chi connectivity index (χ2n) is 1.52. The Morgan fingerprint density at radius 3 is 2.25 bits per heavy atom. The molecule has 44 valence electrons. The van der Waals surface area contributed by atoms with Crippen molar-refractivity contribution < 1.29 is 0 Å². The topological polar surface area (TPSA) is 31.6 Å². The van der Waals surface area contributed by atoms with Crippen molar-refractivity contribution in [3.8, 4) is 0 Å². The molecule has 0 atom stereocenters. The summed E-state index contributed by atoms with van der Waals surface area (Å²) in [5.41, 5.74) is 1.04. The van der Waals surface area contributed by atoms with E-state index in [-0.39, 0.29) is 0 Å². The number of imidazole rings is 1. The maximum Gasteiger partial charge on any atom is 0.175 e. The summed E-state index contributed by atoms with van der Waals surface area (Å²) in [7, 11) is 0. The second kappa shape index (κ2) is 2.03. The van der Waals surface area contributed by atoms with Gasteiger partial charge in [-0.15, -0.1) is 0 Å². The first-order valence-corrected chi connectivity index (χ1v) is 3.34. The first-order chi connectivity index (χ1) is 3.70. The normalized spacial score (nSPS) is 9.75. The van der Waals surface area contributed by atoms with Crippen LogP contribution in [0.1, 0.15) is 5.69 Å². The predicted molar refractivity (Wildman–Crippen MR) is 38.4 cm³/mol. The van der Waals surface area contributed by atoms with Crippen LogP contribution in [0.15, 0.2) is 4.60 Å². The van der Waals surface area contributed by atoms with Crippen LogP contribution in [0.25, 0.3) is 0 Å². The minimum atomic E-state index is 0.661. The third-order valence-corrected chi connectivity index (χ3v) is 1.85. The van der Waals surface area contributed by atoms with Gasteiger partial charge in [0.2, 0.25) is 0 Å². The monoisotopic (exact) mass is 192 g/mol. The zero-order valence-electron chi connectivity index (χ0n) is 4.29. The molecule has 2 N–H and O–H groups in total. The van der Waals surface area contributed by atoms with E-state index in [9.17, 15) is 0 Å². The van der Waals surface area contributed by atoms with E-state index >= 15 is 0 Å². The van der Waals surface area contributed by atoms with E-state index in [1.165, 1.54) is 0 Å². The van der Waals surface area contributed by atoms with Gasteiger partial charge in [-0.3, -0.25) is 0 Å². The molecule has 0 amide bonds. The molecular weight excluding hydrogens is 188 g/mol. The van der Waals surface area contributed by atoms with Crippen molar-refractivity contribution >= 4 is 28.1 Å². The van der Waals surface area contributed by atoms with Crippen molar-refractivity contribution in [2.45, 2.75) is 6.92 Å². The lowest BCUT2D eigenvalue weighted by Crippen LogP contribution is -1.66. The molecule has 8 heavy (non-hydrogen) atoms. The van der Waals surface area contributed by atoms with E-state index in [0.29, 0.717) is 4.77 Å². The number of rotatable bonds is 0. The largest absolute Gasteiger partial charge is 0.334 e. The molecule has 0 aliphatic rings. The molecule has 0 spiro atoms. The van der Waals surface area contributed by atoms with Gasteiger partial charge in [0.1, 0.15) is 4.60 Å². The predicted octanol–water partition coefficient (Wildman–Crippen LogP) is 2.14. The van der Waals surface area contributed by atoms with Crippen molar-refractivity contribution in [2.24, 2.45) is 0 Å². The quantitative estimate of drug-likeness (QED) is 0.607. The first kappa shape index (κ1) is 6.04. The average molecular weight is 193 g/mol. The summed E-state index contributed by atoms with van der Waals surface area (Å²) in [5, 5.41) is 0. The maximum atomic E-state index is 4.78. The van der Waals surface area contributed by atoms with Crippen molar-refractivity contribution in [3.05, 3.63) is 15.1 Å². The molecule has 0 saturated carbocycles. The Balaban J connectivity index is 3.35. The summed E-state index contributed by atoms with van der Waals surface area (Å²) in [6.45, 7) is 1.94. The van der Waals surface area contributed by atoms with Gasteiger partial charge in [0, 0.05) is 5.69 Å². The molecule has 1 heterocycles. The Morgan fingerprint density at radius 2 is 2.12 bits per heavy atom. The molecule has 0 fully saturated rings. The van der Waals surface area contributed by atoms with E-state index < -0.39 is 0 Å². The highest BCUT2D eigenvalue weighted by Gasteiger charge is 1.91. The zero-order valence-corrected chi connectivity index (χ0v) is 6.69. The van der Waals surface area contributed by atoms with E-state index in [1.807, 2.05) is 6.92 Å². The van der Waals surface area contributed by atoms with Crippen molar-refractivity contribution in [2.75, 3.05) is 0 Å². The van der Waals surface area contributed by atoms with Gasteiger partial charge in [0.25, 0.3) is 0 Å². The van der Waals surface area contributed by atoms with Crippen LogP contribution in [0.5, 0.6) is 0 Å². The summed E-state index contributed by atoms with van der Waals surface area (Å²) in [6, 6.07) is 0. The lowest BCUT2D eigenvalue weighted by atomic mass is 10.6. The van der Waals surface area contributed by atoms with Gasteiger partial charge in [-0.2, -0.15) is 0 Å². The Kier molecular flexibility index (Phi) is 1.53. The van der Waals surface area contributed by atoms with Gasteiger partial charge in [0.05, 0.1) is 0 Å². The standard InChI is InChI=1S/C4H5BrN2S/c1-2-3(5)7-4(8)6-2/h1H3,(H2,6,7,8). The van der Waals surface area contributed by atoms with Gasteiger partial charge < -0.3 is 9.97 Å². The highest BCUT2D eigenvalue weighted by molar-refractivity contribution is 9.10. The number of hydrogen-bond donors (Lipinski definition) is 2. The molecule has 0 aliphatic heterocycles. The van der Waals surface area contributed by atoms with E-state index in [4.69, 9.17) is 12.2 Å². The summed E-state index contributed by atoms with van der Waals surface area (Å²) in [6.07, 6.45) is 0. The first-order valence-electron chi connectivity index (χ1n) is 2.14. The van der Waals surface area contributed by atoms with Crippen LogP contribution >= 0.6 is 28.1 Å². The smallest absolute Gasteiger partial charge is 0.175 e. The van der Waals surface area contributed by atoms with Crippen LogP contribution in [0.2, 0.25) is 0 Å². The molecule has 0 aromatic carbocycles. The number of hydrogen-bond acceptors (Lipinski definition) is 1. The number of nitrogens with one attached hydrogen (secondary N) is 2. The molecular formula is C4H5BrN2S. The molecule has 1 aromatic rings. The fourth-order valence-electron chi connectivity index (χ4n) is 0.450.